The normalized spacial score (nSPS) is 11.8. The van der Waals surface area contributed by atoms with Gasteiger partial charge in [-0.3, -0.25) is 9.78 Å². The average Bonchev–Trinajstić information content (AvgIpc) is 2.61. The Balaban J connectivity index is 1.94. The molecule has 25 heavy (non-hydrogen) atoms. The van der Waals surface area contributed by atoms with Gasteiger partial charge in [-0.15, -0.1) is 0 Å². The van der Waals surface area contributed by atoms with E-state index >= 15 is 0 Å². The predicted molar refractivity (Wildman–Crippen MR) is 101 cm³/mol. The minimum atomic E-state index is -0.444. The maximum atomic E-state index is 12.6. The van der Waals surface area contributed by atoms with Crippen LogP contribution in [0.2, 0.25) is 15.1 Å². The fourth-order valence-electron chi connectivity index (χ4n) is 2.39. The van der Waals surface area contributed by atoms with Gasteiger partial charge in [0.25, 0.3) is 5.91 Å². The molecule has 0 aliphatic carbocycles. The monoisotopic (exact) mass is 390 g/mol. The van der Waals surface area contributed by atoms with Crippen LogP contribution in [0.3, 0.4) is 0 Å². The van der Waals surface area contributed by atoms with Gasteiger partial charge in [0.15, 0.2) is 0 Å². The smallest absolute Gasteiger partial charge is 0.252 e. The Kier molecular flexibility index (Phi) is 5.59. The molecule has 1 aromatic heterocycles. The van der Waals surface area contributed by atoms with Crippen molar-refractivity contribution in [3.05, 3.63) is 98.7 Å². The van der Waals surface area contributed by atoms with E-state index in [0.717, 1.165) is 5.56 Å². The van der Waals surface area contributed by atoms with E-state index in [1.54, 1.807) is 54.7 Å². The third-order valence-corrected chi connectivity index (χ3v) is 4.32. The van der Waals surface area contributed by atoms with Crippen LogP contribution in [0.4, 0.5) is 0 Å². The van der Waals surface area contributed by atoms with Crippen LogP contribution in [-0.4, -0.2) is 10.9 Å². The van der Waals surface area contributed by atoms with E-state index in [4.69, 9.17) is 34.8 Å². The van der Waals surface area contributed by atoms with Crippen LogP contribution in [0.1, 0.15) is 27.7 Å². The minimum Gasteiger partial charge on any atom is -0.340 e. The van der Waals surface area contributed by atoms with E-state index in [0.29, 0.717) is 26.3 Å². The molecule has 0 aliphatic heterocycles. The number of rotatable bonds is 4. The van der Waals surface area contributed by atoms with E-state index in [9.17, 15) is 4.79 Å². The Morgan fingerprint density at radius 3 is 2.24 bits per heavy atom. The summed E-state index contributed by atoms with van der Waals surface area (Å²) in [6, 6.07) is 17.1. The predicted octanol–water partition coefficient (Wildman–Crippen LogP) is 5.56. The molecule has 0 bridgehead atoms. The van der Waals surface area contributed by atoms with Gasteiger partial charge in [-0.05, 0) is 48.0 Å². The topological polar surface area (TPSA) is 42.0 Å². The molecule has 6 heteroatoms. The van der Waals surface area contributed by atoms with Crippen LogP contribution in [0, 0.1) is 0 Å². The van der Waals surface area contributed by atoms with Gasteiger partial charge in [0, 0.05) is 21.8 Å². The second kappa shape index (κ2) is 7.87. The summed E-state index contributed by atoms with van der Waals surface area (Å²) in [6.45, 7) is 0. The van der Waals surface area contributed by atoms with Crippen molar-refractivity contribution in [3.63, 3.8) is 0 Å². The standard InChI is InChI=1S/C19H13Cl3N2O/c20-14-6-4-12(5-7-14)18(17-9-8-16(22)11-23-17)24-19(25)13-2-1-3-15(21)10-13/h1-11,18H,(H,24,25)/t18-/m0/s1. The highest BCUT2D eigenvalue weighted by molar-refractivity contribution is 6.31. The van der Waals surface area contributed by atoms with Gasteiger partial charge < -0.3 is 5.32 Å². The molecule has 0 aliphatic rings. The van der Waals surface area contributed by atoms with Crippen LogP contribution in [0.5, 0.6) is 0 Å². The van der Waals surface area contributed by atoms with Crippen LogP contribution < -0.4 is 5.32 Å². The molecule has 3 aromatic rings. The maximum absolute atomic E-state index is 12.6. The molecule has 0 radical (unpaired) electrons. The average molecular weight is 392 g/mol. The van der Waals surface area contributed by atoms with E-state index in [1.807, 2.05) is 12.1 Å². The first-order chi connectivity index (χ1) is 12.0. The molecule has 1 heterocycles. The summed E-state index contributed by atoms with van der Waals surface area (Å²) >= 11 is 17.9. The SMILES string of the molecule is O=C(N[C@@H](c1ccc(Cl)cc1)c1ccc(Cl)cn1)c1cccc(Cl)c1. The molecule has 2 aromatic carbocycles. The van der Waals surface area contributed by atoms with E-state index in [-0.39, 0.29) is 5.91 Å². The number of benzene rings is 2. The van der Waals surface area contributed by atoms with E-state index < -0.39 is 6.04 Å². The number of nitrogens with one attached hydrogen (secondary N) is 1. The molecular formula is C19H13Cl3N2O. The second-order valence-electron chi connectivity index (χ2n) is 5.37. The highest BCUT2D eigenvalue weighted by atomic mass is 35.5. The largest absolute Gasteiger partial charge is 0.340 e. The van der Waals surface area contributed by atoms with Crippen LogP contribution in [0.15, 0.2) is 66.9 Å². The van der Waals surface area contributed by atoms with Crippen LogP contribution >= 0.6 is 34.8 Å². The lowest BCUT2D eigenvalue weighted by molar-refractivity contribution is 0.0942. The third kappa shape index (κ3) is 4.51. The van der Waals surface area contributed by atoms with Crippen molar-refractivity contribution < 1.29 is 4.79 Å². The Hall–Kier alpha value is -2.07. The van der Waals surface area contributed by atoms with Crippen LogP contribution in [0.25, 0.3) is 0 Å². The molecule has 3 nitrogen and oxygen atoms in total. The van der Waals surface area contributed by atoms with E-state index in [1.165, 1.54) is 0 Å². The molecule has 0 saturated heterocycles. The fourth-order valence-corrected chi connectivity index (χ4v) is 2.81. The van der Waals surface area contributed by atoms with Gasteiger partial charge in [0.05, 0.1) is 16.8 Å². The summed E-state index contributed by atoms with van der Waals surface area (Å²) in [5.74, 6) is -0.251. The number of carbonyl (C=O) groups is 1. The molecule has 1 amide bonds. The Morgan fingerprint density at radius 2 is 1.60 bits per heavy atom. The maximum Gasteiger partial charge on any atom is 0.252 e. The number of aromatic nitrogens is 1. The summed E-state index contributed by atoms with van der Waals surface area (Å²) in [6.07, 6.45) is 1.55. The zero-order valence-electron chi connectivity index (χ0n) is 12.9. The van der Waals surface area contributed by atoms with Crippen molar-refractivity contribution in [1.82, 2.24) is 10.3 Å². The highest BCUT2D eigenvalue weighted by Gasteiger charge is 2.19. The van der Waals surface area contributed by atoms with Gasteiger partial charge in [0.2, 0.25) is 0 Å². The Morgan fingerprint density at radius 1 is 0.880 bits per heavy atom. The van der Waals surface area contributed by atoms with Crippen molar-refractivity contribution in [2.24, 2.45) is 0 Å². The van der Waals surface area contributed by atoms with Gasteiger partial charge in [-0.2, -0.15) is 0 Å². The fraction of sp³-hybridized carbons (Fsp3) is 0.0526. The van der Waals surface area contributed by atoms with Crippen LogP contribution in [-0.2, 0) is 0 Å². The third-order valence-electron chi connectivity index (χ3n) is 3.61. The molecular weight excluding hydrogens is 379 g/mol. The Bertz CT molecular complexity index is 834. The van der Waals surface area contributed by atoms with E-state index in [2.05, 4.69) is 10.3 Å². The quantitative estimate of drug-likeness (QED) is 0.632. The van der Waals surface area contributed by atoms with Gasteiger partial charge in [-0.1, -0.05) is 53.0 Å². The lowest BCUT2D eigenvalue weighted by Gasteiger charge is -2.19. The number of halogens is 3. The van der Waals surface area contributed by atoms with Crippen molar-refractivity contribution in [2.45, 2.75) is 6.04 Å². The summed E-state index contributed by atoms with van der Waals surface area (Å²) < 4.78 is 0. The lowest BCUT2D eigenvalue weighted by Crippen LogP contribution is -2.29. The van der Waals surface area contributed by atoms with Gasteiger partial charge in [0.1, 0.15) is 0 Å². The molecule has 0 saturated carbocycles. The number of pyridine rings is 1. The summed E-state index contributed by atoms with van der Waals surface area (Å²) in [5, 5.41) is 4.63. The lowest BCUT2D eigenvalue weighted by atomic mass is 10.0. The summed E-state index contributed by atoms with van der Waals surface area (Å²) in [5.41, 5.74) is 2.00. The van der Waals surface area contributed by atoms with Gasteiger partial charge in [-0.25, -0.2) is 0 Å². The van der Waals surface area contributed by atoms with Crippen molar-refractivity contribution in [2.75, 3.05) is 0 Å². The van der Waals surface area contributed by atoms with Crippen molar-refractivity contribution >= 4 is 40.7 Å². The summed E-state index contributed by atoms with van der Waals surface area (Å²) in [4.78, 5) is 17.0. The zero-order valence-corrected chi connectivity index (χ0v) is 15.2. The molecule has 1 atom stereocenters. The first-order valence-corrected chi connectivity index (χ1v) is 8.59. The minimum absolute atomic E-state index is 0.251. The first kappa shape index (κ1) is 17.7. The molecule has 0 fully saturated rings. The molecule has 0 unspecified atom stereocenters. The number of carbonyl (C=O) groups excluding carboxylic acids is 1. The summed E-state index contributed by atoms with van der Waals surface area (Å²) in [7, 11) is 0. The van der Waals surface area contributed by atoms with Gasteiger partial charge >= 0.3 is 0 Å². The number of hydrogen-bond acceptors (Lipinski definition) is 2. The molecule has 1 N–H and O–H groups in total. The number of amides is 1. The molecule has 0 spiro atoms. The number of hydrogen-bond donors (Lipinski definition) is 1. The van der Waals surface area contributed by atoms with Crippen molar-refractivity contribution in [3.8, 4) is 0 Å². The number of nitrogens with zero attached hydrogens (tertiary/aromatic N) is 1. The second-order valence-corrected chi connectivity index (χ2v) is 6.68. The first-order valence-electron chi connectivity index (χ1n) is 7.46. The Labute approximate surface area is 160 Å². The highest BCUT2D eigenvalue weighted by Crippen LogP contribution is 2.24. The zero-order chi connectivity index (χ0) is 17.8. The van der Waals surface area contributed by atoms with Crippen molar-refractivity contribution in [1.29, 1.82) is 0 Å². The molecule has 126 valence electrons. The molecule has 3 rings (SSSR count).